The lowest BCUT2D eigenvalue weighted by Crippen LogP contribution is -2.29. The minimum Gasteiger partial charge on any atom is -0.350 e. The first-order chi connectivity index (χ1) is 16.8. The van der Waals surface area contributed by atoms with Gasteiger partial charge in [0.15, 0.2) is 0 Å². The number of fused-ring (bicyclic) bond motifs is 1. The maximum absolute atomic E-state index is 15.3. The molecule has 9 nitrogen and oxygen atoms in total. The summed E-state index contributed by atoms with van der Waals surface area (Å²) in [6, 6.07) is 10.5. The molecule has 0 spiro atoms. The molecule has 0 unspecified atom stereocenters. The Hall–Kier alpha value is -3.33. The van der Waals surface area contributed by atoms with Crippen LogP contribution in [0.3, 0.4) is 0 Å². The predicted octanol–water partition coefficient (Wildman–Crippen LogP) is 3.32. The van der Waals surface area contributed by atoms with Crippen molar-refractivity contribution in [3.63, 3.8) is 0 Å². The zero-order valence-corrected chi connectivity index (χ0v) is 22.5. The third kappa shape index (κ3) is 4.48. The summed E-state index contributed by atoms with van der Waals surface area (Å²) in [6.45, 7) is 0. The predicted molar refractivity (Wildman–Crippen MR) is 143 cm³/mol. The second kappa shape index (κ2) is 9.28. The smallest absolute Gasteiger partial charge is 0.289 e. The quantitative estimate of drug-likeness (QED) is 0.341. The van der Waals surface area contributed by atoms with Crippen LogP contribution < -0.4 is 20.7 Å². The van der Waals surface area contributed by atoms with Gasteiger partial charge >= 0.3 is 0 Å². The summed E-state index contributed by atoms with van der Waals surface area (Å²) >= 11 is 1.92. The largest absolute Gasteiger partial charge is 0.350 e. The Bertz CT molecular complexity index is 1770. The molecule has 0 bridgehead atoms. The zero-order valence-electron chi connectivity index (χ0n) is 19.5. The second-order valence-corrected chi connectivity index (χ2v) is 11.3. The standard InChI is InChI=1S/C23H20F2IN5O4S/c1-29-21-17(20(18(25)23(29)33)27-16-9-8-13(26)11-15(16)24)22(32)30(2)28-19(21)12-6-5-7-14(10-12)31(3)36(4,34)35/h5-11,27H,1-4H3. The normalized spacial score (nSPS) is 11.6. The number of nitrogens with one attached hydrogen (secondary N) is 1. The fourth-order valence-corrected chi connectivity index (χ4v) is 4.67. The van der Waals surface area contributed by atoms with Crippen molar-refractivity contribution in [3.8, 4) is 11.3 Å². The molecule has 188 valence electrons. The van der Waals surface area contributed by atoms with Crippen molar-refractivity contribution < 1.29 is 17.2 Å². The molecule has 4 aromatic rings. The number of anilines is 3. The third-order valence-corrected chi connectivity index (χ3v) is 7.56. The molecular weight excluding hydrogens is 607 g/mol. The Kier molecular flexibility index (Phi) is 6.64. The minimum atomic E-state index is -3.57. The van der Waals surface area contributed by atoms with Gasteiger partial charge in [-0.3, -0.25) is 13.9 Å². The molecule has 0 fully saturated rings. The molecule has 0 saturated heterocycles. The molecule has 1 N–H and O–H groups in total. The van der Waals surface area contributed by atoms with Gasteiger partial charge < -0.3 is 9.88 Å². The molecule has 0 aliphatic rings. The van der Waals surface area contributed by atoms with Crippen molar-refractivity contribution in [1.29, 1.82) is 0 Å². The number of pyridine rings is 1. The Morgan fingerprint density at radius 2 is 1.75 bits per heavy atom. The highest BCUT2D eigenvalue weighted by Crippen LogP contribution is 2.33. The summed E-state index contributed by atoms with van der Waals surface area (Å²) < 4.78 is 57.5. The van der Waals surface area contributed by atoms with Crippen molar-refractivity contribution in [2.75, 3.05) is 22.9 Å². The van der Waals surface area contributed by atoms with E-state index in [0.29, 0.717) is 14.8 Å². The Morgan fingerprint density at radius 3 is 2.39 bits per heavy atom. The molecular formula is C23H20F2IN5O4S. The second-order valence-electron chi connectivity index (χ2n) is 8.08. The van der Waals surface area contributed by atoms with E-state index in [-0.39, 0.29) is 22.3 Å². The number of nitrogens with zero attached hydrogens (tertiary/aromatic N) is 4. The molecule has 2 aromatic carbocycles. The number of hydrogen-bond donors (Lipinski definition) is 1. The van der Waals surface area contributed by atoms with E-state index in [2.05, 4.69) is 10.4 Å². The molecule has 36 heavy (non-hydrogen) atoms. The highest BCUT2D eigenvalue weighted by Gasteiger charge is 2.24. The van der Waals surface area contributed by atoms with Crippen LogP contribution in [0.4, 0.5) is 25.8 Å². The summed E-state index contributed by atoms with van der Waals surface area (Å²) in [5, 5.41) is 6.65. The van der Waals surface area contributed by atoms with Gasteiger partial charge in [0.05, 0.1) is 34.2 Å². The van der Waals surface area contributed by atoms with Gasteiger partial charge in [0.1, 0.15) is 11.5 Å². The van der Waals surface area contributed by atoms with Crippen molar-refractivity contribution in [3.05, 3.63) is 78.4 Å². The van der Waals surface area contributed by atoms with E-state index in [0.717, 1.165) is 19.8 Å². The van der Waals surface area contributed by atoms with E-state index in [1.165, 1.54) is 39.3 Å². The fraction of sp³-hybridized carbons (Fsp3) is 0.174. The van der Waals surface area contributed by atoms with Gasteiger partial charge in [-0.1, -0.05) is 12.1 Å². The van der Waals surface area contributed by atoms with Gasteiger partial charge in [-0.25, -0.2) is 17.5 Å². The maximum atomic E-state index is 15.3. The van der Waals surface area contributed by atoms with Crippen LogP contribution >= 0.6 is 22.6 Å². The van der Waals surface area contributed by atoms with Gasteiger partial charge in [-0.15, -0.1) is 0 Å². The summed E-state index contributed by atoms with van der Waals surface area (Å²) in [5.74, 6) is -1.96. The number of halogens is 3. The maximum Gasteiger partial charge on any atom is 0.289 e. The van der Waals surface area contributed by atoms with E-state index in [1.807, 2.05) is 22.6 Å². The minimum absolute atomic E-state index is 0.00271. The zero-order chi connectivity index (χ0) is 26.5. The number of hydrogen-bond acceptors (Lipinski definition) is 6. The highest BCUT2D eigenvalue weighted by molar-refractivity contribution is 14.1. The van der Waals surface area contributed by atoms with E-state index in [9.17, 15) is 22.4 Å². The van der Waals surface area contributed by atoms with Crippen molar-refractivity contribution >= 4 is 60.6 Å². The number of rotatable bonds is 5. The number of aryl methyl sites for hydroxylation is 2. The van der Waals surface area contributed by atoms with Crippen LogP contribution in [0.25, 0.3) is 22.2 Å². The van der Waals surface area contributed by atoms with E-state index < -0.39 is 38.5 Å². The molecule has 0 radical (unpaired) electrons. The van der Waals surface area contributed by atoms with E-state index in [4.69, 9.17) is 0 Å². The molecule has 0 saturated carbocycles. The van der Waals surface area contributed by atoms with Crippen molar-refractivity contribution in [2.45, 2.75) is 0 Å². The van der Waals surface area contributed by atoms with E-state index in [1.54, 1.807) is 24.3 Å². The lowest BCUT2D eigenvalue weighted by molar-refractivity contribution is 0.598. The van der Waals surface area contributed by atoms with Crippen LogP contribution in [0.5, 0.6) is 0 Å². The molecule has 0 atom stereocenters. The number of benzene rings is 2. The first-order valence-corrected chi connectivity index (χ1v) is 13.3. The monoisotopic (exact) mass is 627 g/mol. The SMILES string of the molecule is CN(c1cccc(-c2nn(C)c(=O)c3c(Nc4ccc(I)cc4F)c(F)c(=O)n(C)c23)c1)S(C)(=O)=O. The summed E-state index contributed by atoms with van der Waals surface area (Å²) in [7, 11) is 0.453. The van der Waals surface area contributed by atoms with Gasteiger partial charge in [0.25, 0.3) is 11.1 Å². The summed E-state index contributed by atoms with van der Waals surface area (Å²) in [4.78, 5) is 26.0. The Balaban J connectivity index is 2.07. The van der Waals surface area contributed by atoms with E-state index >= 15 is 4.39 Å². The van der Waals surface area contributed by atoms with Gasteiger partial charge in [-0.05, 0) is 52.9 Å². The molecule has 13 heteroatoms. The van der Waals surface area contributed by atoms with Crippen molar-refractivity contribution in [1.82, 2.24) is 14.3 Å². The lowest BCUT2D eigenvalue weighted by Gasteiger charge is -2.19. The van der Waals surface area contributed by atoms with Crippen LogP contribution in [-0.2, 0) is 24.1 Å². The van der Waals surface area contributed by atoms with Crippen LogP contribution in [0.15, 0.2) is 52.1 Å². The van der Waals surface area contributed by atoms with Crippen molar-refractivity contribution in [2.24, 2.45) is 14.1 Å². The molecule has 0 aliphatic carbocycles. The van der Waals surface area contributed by atoms with Gasteiger partial charge in [0, 0.05) is 30.3 Å². The third-order valence-electron chi connectivity index (χ3n) is 5.69. The van der Waals surface area contributed by atoms with Gasteiger partial charge in [-0.2, -0.15) is 9.49 Å². The first-order valence-electron chi connectivity index (χ1n) is 10.4. The molecule has 0 amide bonds. The highest BCUT2D eigenvalue weighted by atomic mass is 127. The Labute approximate surface area is 218 Å². The number of aromatic nitrogens is 3. The van der Waals surface area contributed by atoms with Crippen LogP contribution in [0.1, 0.15) is 0 Å². The molecule has 2 aromatic heterocycles. The Morgan fingerprint density at radius 1 is 1.06 bits per heavy atom. The topological polar surface area (TPSA) is 106 Å². The summed E-state index contributed by atoms with van der Waals surface area (Å²) in [6.07, 6.45) is 1.05. The van der Waals surface area contributed by atoms with Crippen LogP contribution in [0, 0.1) is 15.2 Å². The van der Waals surface area contributed by atoms with Crippen LogP contribution in [-0.4, -0.2) is 36.1 Å². The van der Waals surface area contributed by atoms with Gasteiger partial charge in [0.2, 0.25) is 15.8 Å². The summed E-state index contributed by atoms with van der Waals surface area (Å²) in [5.41, 5.74) is -1.58. The molecule has 2 heterocycles. The lowest BCUT2D eigenvalue weighted by atomic mass is 10.1. The molecule has 0 aliphatic heterocycles. The number of sulfonamides is 1. The average Bonchev–Trinajstić information content (AvgIpc) is 2.82. The average molecular weight is 627 g/mol. The fourth-order valence-electron chi connectivity index (χ4n) is 3.72. The van der Waals surface area contributed by atoms with Crippen LogP contribution in [0.2, 0.25) is 0 Å². The first kappa shape index (κ1) is 25.8. The molecule has 4 rings (SSSR count).